The van der Waals surface area contributed by atoms with E-state index in [0.717, 1.165) is 36.5 Å². The number of amides is 1. The number of rotatable bonds is 4. The number of benzene rings is 2. The van der Waals surface area contributed by atoms with Crippen molar-refractivity contribution < 1.29 is 14.1 Å². The number of aromatic nitrogens is 1. The van der Waals surface area contributed by atoms with Crippen LogP contribution in [-0.2, 0) is 0 Å². The van der Waals surface area contributed by atoms with E-state index >= 15 is 0 Å². The Labute approximate surface area is 181 Å². The summed E-state index contributed by atoms with van der Waals surface area (Å²) in [6.07, 6.45) is 0. The van der Waals surface area contributed by atoms with E-state index in [1.807, 2.05) is 47.4 Å². The van der Waals surface area contributed by atoms with Crippen LogP contribution in [0.3, 0.4) is 0 Å². The molecule has 1 N–H and O–H groups in total. The van der Waals surface area contributed by atoms with Gasteiger partial charge < -0.3 is 19.5 Å². The fourth-order valence-electron chi connectivity index (χ4n) is 4.62. The number of hydrogen-bond donors (Lipinski definition) is 1. The molecule has 2 aliphatic rings. The van der Waals surface area contributed by atoms with Crippen LogP contribution < -0.4 is 10.1 Å². The molecule has 0 bridgehead atoms. The predicted octanol–water partition coefficient (Wildman–Crippen LogP) is 3.80. The lowest BCUT2D eigenvalue weighted by Crippen LogP contribution is -2.34. The summed E-state index contributed by atoms with van der Waals surface area (Å²) in [7, 11) is 1.66. The molecule has 5 rings (SSSR count). The topological polar surface area (TPSA) is 67.6 Å². The smallest absolute Gasteiger partial charge is 0.276 e. The average Bonchev–Trinajstić information content (AvgIpc) is 3.50. The fraction of sp³-hybridized carbons (Fsp3) is 0.304. The molecule has 1 aromatic heterocycles. The predicted molar refractivity (Wildman–Crippen MR) is 116 cm³/mol. The Balaban J connectivity index is 0.00000218. The van der Waals surface area contributed by atoms with Crippen LogP contribution in [0.5, 0.6) is 5.75 Å². The molecule has 30 heavy (non-hydrogen) atoms. The van der Waals surface area contributed by atoms with Crippen LogP contribution >= 0.6 is 12.4 Å². The van der Waals surface area contributed by atoms with Gasteiger partial charge in [0.25, 0.3) is 5.91 Å². The summed E-state index contributed by atoms with van der Waals surface area (Å²) in [5, 5.41) is 7.56. The first-order valence-electron chi connectivity index (χ1n) is 9.92. The van der Waals surface area contributed by atoms with Crippen LogP contribution in [0.2, 0.25) is 0 Å². The molecule has 3 aromatic rings. The highest BCUT2D eigenvalue weighted by Crippen LogP contribution is 2.43. The third-order valence-corrected chi connectivity index (χ3v) is 6.07. The fourth-order valence-corrected chi connectivity index (χ4v) is 4.62. The number of carbonyl (C=O) groups is 1. The van der Waals surface area contributed by atoms with Gasteiger partial charge in [-0.3, -0.25) is 4.79 Å². The second kappa shape index (κ2) is 8.50. The number of nitrogens with zero attached hydrogens (tertiary/aromatic N) is 2. The van der Waals surface area contributed by atoms with E-state index in [-0.39, 0.29) is 24.4 Å². The van der Waals surface area contributed by atoms with Crippen LogP contribution in [0.4, 0.5) is 0 Å². The Morgan fingerprint density at radius 1 is 1.13 bits per heavy atom. The van der Waals surface area contributed by atoms with Crippen LogP contribution in [0.1, 0.15) is 22.1 Å². The molecular weight excluding hydrogens is 402 g/mol. The highest BCUT2D eigenvalue weighted by Gasteiger charge is 2.47. The summed E-state index contributed by atoms with van der Waals surface area (Å²) in [4.78, 5) is 15.4. The number of methoxy groups -OCH3 is 1. The minimum atomic E-state index is -0.0776. The molecule has 3 heterocycles. The Morgan fingerprint density at radius 2 is 1.90 bits per heavy atom. The van der Waals surface area contributed by atoms with Gasteiger partial charge in [-0.05, 0) is 23.6 Å². The second-order valence-corrected chi connectivity index (χ2v) is 7.70. The first-order chi connectivity index (χ1) is 14.2. The van der Waals surface area contributed by atoms with Gasteiger partial charge in [0, 0.05) is 37.2 Å². The zero-order valence-electron chi connectivity index (χ0n) is 16.7. The number of likely N-dealkylation sites (tertiary alicyclic amines) is 1. The van der Waals surface area contributed by atoms with Crippen molar-refractivity contribution in [3.8, 4) is 17.1 Å². The summed E-state index contributed by atoms with van der Waals surface area (Å²) in [6, 6.07) is 19.5. The van der Waals surface area contributed by atoms with Crippen molar-refractivity contribution in [3.05, 3.63) is 71.9 Å². The van der Waals surface area contributed by atoms with Gasteiger partial charge >= 0.3 is 0 Å². The largest absolute Gasteiger partial charge is 0.497 e. The molecule has 0 unspecified atom stereocenters. The highest BCUT2D eigenvalue weighted by atomic mass is 35.5. The third-order valence-electron chi connectivity index (χ3n) is 6.07. The van der Waals surface area contributed by atoms with E-state index in [0.29, 0.717) is 23.3 Å². The van der Waals surface area contributed by atoms with Crippen LogP contribution in [0, 0.1) is 11.8 Å². The molecule has 2 aromatic carbocycles. The van der Waals surface area contributed by atoms with Gasteiger partial charge in [-0.25, -0.2) is 0 Å². The number of nitrogens with one attached hydrogen (secondary N) is 1. The minimum Gasteiger partial charge on any atom is -0.497 e. The standard InChI is InChI=1S/C23H23N3O3.ClH/c1-28-18-9-7-16(8-10-18)22-19-13-24-12-17(19)14-26(22)23(27)20-11-21(29-25-20)15-5-3-2-4-6-15;/h2-11,17,19,22,24H,12-14H2,1H3;1H/t17-,19-,22-;/m0./s1. The lowest BCUT2D eigenvalue weighted by molar-refractivity contribution is 0.0703. The monoisotopic (exact) mass is 425 g/mol. The van der Waals surface area contributed by atoms with E-state index in [1.165, 1.54) is 0 Å². The first kappa shape index (κ1) is 20.4. The highest BCUT2D eigenvalue weighted by molar-refractivity contribution is 5.93. The summed E-state index contributed by atoms with van der Waals surface area (Å²) < 4.78 is 10.8. The first-order valence-corrected chi connectivity index (χ1v) is 9.92. The summed E-state index contributed by atoms with van der Waals surface area (Å²) in [6.45, 7) is 2.58. The molecular formula is C23H24ClN3O3. The van der Waals surface area contributed by atoms with Crippen molar-refractivity contribution in [1.82, 2.24) is 15.4 Å². The maximum atomic E-state index is 13.4. The van der Waals surface area contributed by atoms with Crippen molar-refractivity contribution in [2.45, 2.75) is 6.04 Å². The Bertz CT molecular complexity index is 1010. The molecule has 0 spiro atoms. The van der Waals surface area contributed by atoms with Crippen LogP contribution in [0.25, 0.3) is 11.3 Å². The molecule has 3 atom stereocenters. The SMILES string of the molecule is COc1ccc([C@H]2[C@H]3CNC[C@H]3CN2C(=O)c2cc(-c3ccccc3)on2)cc1.Cl. The minimum absolute atomic E-state index is 0. The van der Waals surface area contributed by atoms with Gasteiger partial charge in [-0.2, -0.15) is 0 Å². The molecule has 2 fully saturated rings. The maximum absolute atomic E-state index is 13.4. The summed E-state index contributed by atoms with van der Waals surface area (Å²) in [5.74, 6) is 2.19. The Kier molecular flexibility index (Phi) is 5.79. The Morgan fingerprint density at radius 3 is 2.63 bits per heavy atom. The zero-order valence-corrected chi connectivity index (χ0v) is 17.5. The Hall–Kier alpha value is -2.83. The normalized spacial score (nSPS) is 22.4. The maximum Gasteiger partial charge on any atom is 0.276 e. The summed E-state index contributed by atoms with van der Waals surface area (Å²) >= 11 is 0. The number of hydrogen-bond acceptors (Lipinski definition) is 5. The van der Waals surface area contributed by atoms with Gasteiger partial charge in [0.15, 0.2) is 11.5 Å². The zero-order chi connectivity index (χ0) is 19.8. The van der Waals surface area contributed by atoms with Gasteiger partial charge in [0.2, 0.25) is 0 Å². The molecule has 0 aliphatic carbocycles. The number of ether oxygens (including phenoxy) is 1. The quantitative estimate of drug-likeness (QED) is 0.688. The molecule has 156 valence electrons. The van der Waals surface area contributed by atoms with E-state index < -0.39 is 0 Å². The van der Waals surface area contributed by atoms with Crippen molar-refractivity contribution in [3.63, 3.8) is 0 Å². The molecule has 1 amide bonds. The van der Waals surface area contributed by atoms with E-state index in [1.54, 1.807) is 13.2 Å². The lowest BCUT2D eigenvalue weighted by atomic mass is 9.89. The molecule has 6 nitrogen and oxygen atoms in total. The summed E-state index contributed by atoms with van der Waals surface area (Å²) in [5.41, 5.74) is 2.39. The second-order valence-electron chi connectivity index (χ2n) is 7.70. The van der Waals surface area contributed by atoms with Gasteiger partial charge in [-0.15, -0.1) is 12.4 Å². The van der Waals surface area contributed by atoms with Gasteiger partial charge in [0.1, 0.15) is 5.75 Å². The number of carbonyl (C=O) groups excluding carboxylic acids is 1. The average molecular weight is 426 g/mol. The van der Waals surface area contributed by atoms with Crippen LogP contribution in [-0.4, -0.2) is 42.7 Å². The van der Waals surface area contributed by atoms with Crippen molar-refractivity contribution in [2.24, 2.45) is 11.8 Å². The molecule has 0 radical (unpaired) electrons. The molecule has 2 aliphatic heterocycles. The van der Waals surface area contributed by atoms with E-state index in [2.05, 4.69) is 22.6 Å². The number of halogens is 1. The van der Waals surface area contributed by atoms with Gasteiger partial charge in [-0.1, -0.05) is 47.6 Å². The number of fused-ring (bicyclic) bond motifs is 1. The van der Waals surface area contributed by atoms with E-state index in [9.17, 15) is 4.79 Å². The van der Waals surface area contributed by atoms with Crippen molar-refractivity contribution >= 4 is 18.3 Å². The molecule has 0 saturated carbocycles. The molecule has 7 heteroatoms. The molecule has 2 saturated heterocycles. The van der Waals surface area contributed by atoms with E-state index in [4.69, 9.17) is 9.26 Å². The van der Waals surface area contributed by atoms with Crippen molar-refractivity contribution in [2.75, 3.05) is 26.7 Å². The van der Waals surface area contributed by atoms with Gasteiger partial charge in [0.05, 0.1) is 13.2 Å². The third kappa shape index (κ3) is 3.57. The van der Waals surface area contributed by atoms with Crippen molar-refractivity contribution in [1.29, 1.82) is 0 Å². The van der Waals surface area contributed by atoms with Crippen LogP contribution in [0.15, 0.2) is 65.2 Å². The lowest BCUT2D eigenvalue weighted by Gasteiger charge is -2.28.